The minimum atomic E-state index is -0.708. The molecule has 2 aliphatic rings. The highest BCUT2D eigenvalue weighted by Gasteiger charge is 2.52. The second kappa shape index (κ2) is 7.21. The number of hydrogen-bond acceptors (Lipinski definition) is 4. The molecule has 2 amide bonds. The van der Waals surface area contributed by atoms with Gasteiger partial charge in [0.15, 0.2) is 0 Å². The molecule has 3 heterocycles. The van der Waals surface area contributed by atoms with Crippen molar-refractivity contribution in [2.45, 2.75) is 65.0 Å². The third kappa shape index (κ3) is 3.15. The first kappa shape index (κ1) is 18.6. The van der Waals surface area contributed by atoms with Gasteiger partial charge < -0.3 is 9.80 Å². The van der Waals surface area contributed by atoms with Gasteiger partial charge in [-0.2, -0.15) is 4.98 Å². The van der Waals surface area contributed by atoms with Crippen LogP contribution < -0.4 is 5.69 Å². The summed E-state index contributed by atoms with van der Waals surface area (Å²) in [4.78, 5) is 46.0. The average Bonchev–Trinajstić information content (AvgIpc) is 3.00. The lowest BCUT2D eigenvalue weighted by molar-refractivity contribution is -0.155. The number of nitrogens with zero attached hydrogens (tertiary/aromatic N) is 4. The molecule has 2 fully saturated rings. The number of carbonyl (C=O) groups excluding carboxylic acids is 2. The molecule has 2 saturated heterocycles. The first-order valence-corrected chi connectivity index (χ1v) is 9.54. The summed E-state index contributed by atoms with van der Waals surface area (Å²) in [5.74, 6) is -0.0763. The molecule has 3 rings (SSSR count). The van der Waals surface area contributed by atoms with E-state index in [1.54, 1.807) is 24.8 Å². The Kier molecular flexibility index (Phi) is 5.16. The Labute approximate surface area is 154 Å². The van der Waals surface area contributed by atoms with Crippen molar-refractivity contribution in [3.63, 3.8) is 0 Å². The Balaban J connectivity index is 1.85. The van der Waals surface area contributed by atoms with Crippen LogP contribution >= 0.6 is 0 Å². The highest BCUT2D eigenvalue weighted by molar-refractivity contribution is 5.92. The third-order valence-corrected chi connectivity index (χ3v) is 5.63. The Morgan fingerprint density at radius 1 is 1.19 bits per heavy atom. The molecule has 0 radical (unpaired) electrons. The van der Waals surface area contributed by atoms with Crippen molar-refractivity contribution in [1.29, 1.82) is 0 Å². The number of aryl methyl sites for hydroxylation is 2. The topological polar surface area (TPSA) is 75.5 Å². The number of hydrogen-bond donors (Lipinski definition) is 0. The van der Waals surface area contributed by atoms with E-state index in [0.717, 1.165) is 45.2 Å². The first-order valence-electron chi connectivity index (χ1n) is 9.54. The number of likely N-dealkylation sites (tertiary alicyclic amines) is 2. The van der Waals surface area contributed by atoms with Gasteiger partial charge in [-0.15, -0.1) is 0 Å². The van der Waals surface area contributed by atoms with Crippen molar-refractivity contribution in [3.8, 4) is 0 Å². The lowest BCUT2D eigenvalue weighted by Crippen LogP contribution is -2.62. The quantitative estimate of drug-likeness (QED) is 0.810. The van der Waals surface area contributed by atoms with Crippen LogP contribution in [0.5, 0.6) is 0 Å². The van der Waals surface area contributed by atoms with E-state index in [1.807, 2.05) is 4.90 Å². The molecule has 142 valence electrons. The Morgan fingerprint density at radius 2 is 1.88 bits per heavy atom. The van der Waals surface area contributed by atoms with Crippen LogP contribution in [0.15, 0.2) is 10.9 Å². The molecule has 0 aromatic carbocycles. The zero-order valence-electron chi connectivity index (χ0n) is 16.0. The second-order valence-corrected chi connectivity index (χ2v) is 7.48. The van der Waals surface area contributed by atoms with Crippen LogP contribution in [0.2, 0.25) is 0 Å². The number of piperidine rings is 1. The van der Waals surface area contributed by atoms with E-state index >= 15 is 0 Å². The number of amides is 2. The van der Waals surface area contributed by atoms with Crippen LogP contribution in [0.25, 0.3) is 0 Å². The molecule has 0 N–H and O–H groups in total. The molecule has 1 atom stereocenters. The predicted molar refractivity (Wildman–Crippen MR) is 97.8 cm³/mol. The average molecular weight is 360 g/mol. The second-order valence-electron chi connectivity index (χ2n) is 7.48. The molecular formula is C19H28N4O3. The van der Waals surface area contributed by atoms with Crippen molar-refractivity contribution in [2.24, 2.45) is 0 Å². The fourth-order valence-electron chi connectivity index (χ4n) is 4.46. The van der Waals surface area contributed by atoms with Gasteiger partial charge in [0.25, 0.3) is 0 Å². The molecule has 0 aliphatic carbocycles. The van der Waals surface area contributed by atoms with Crippen molar-refractivity contribution >= 4 is 11.8 Å². The van der Waals surface area contributed by atoms with E-state index in [0.29, 0.717) is 17.9 Å². The highest BCUT2D eigenvalue weighted by Crippen LogP contribution is 2.38. The van der Waals surface area contributed by atoms with Crippen LogP contribution in [0, 0.1) is 13.8 Å². The molecule has 1 aromatic rings. The summed E-state index contributed by atoms with van der Waals surface area (Å²) in [6.45, 7) is 7.67. The van der Waals surface area contributed by atoms with Gasteiger partial charge in [-0.25, -0.2) is 4.79 Å². The Morgan fingerprint density at radius 3 is 2.54 bits per heavy atom. The standard InChI is InChI=1S/C19H28N4O3/c1-4-9-21-10-5-7-19(17(21)25)8-6-11-23(19)16(24)13-22-15(3)12-14(2)20-18(22)26/h12H,4-11,13H2,1-3H3. The van der Waals surface area contributed by atoms with Gasteiger partial charge in [-0.1, -0.05) is 6.92 Å². The van der Waals surface area contributed by atoms with E-state index in [2.05, 4.69) is 11.9 Å². The van der Waals surface area contributed by atoms with Gasteiger partial charge in [0.2, 0.25) is 11.8 Å². The van der Waals surface area contributed by atoms with Crippen LogP contribution in [-0.4, -0.2) is 56.3 Å². The highest BCUT2D eigenvalue weighted by atomic mass is 16.2. The summed E-state index contributed by atoms with van der Waals surface area (Å²) in [6.07, 6.45) is 4.10. The fraction of sp³-hybridized carbons (Fsp3) is 0.684. The molecule has 2 aliphatic heterocycles. The van der Waals surface area contributed by atoms with Gasteiger partial charge in [0, 0.05) is 31.0 Å². The molecule has 0 bridgehead atoms. The van der Waals surface area contributed by atoms with Gasteiger partial charge in [0.1, 0.15) is 12.1 Å². The molecule has 26 heavy (non-hydrogen) atoms. The summed E-state index contributed by atoms with van der Waals surface area (Å²) in [5.41, 5.74) is 0.241. The summed E-state index contributed by atoms with van der Waals surface area (Å²) < 4.78 is 1.40. The van der Waals surface area contributed by atoms with Crippen molar-refractivity contribution < 1.29 is 9.59 Å². The molecule has 7 nitrogen and oxygen atoms in total. The summed E-state index contributed by atoms with van der Waals surface area (Å²) in [6, 6.07) is 1.79. The van der Waals surface area contributed by atoms with Crippen LogP contribution in [-0.2, 0) is 16.1 Å². The number of aromatic nitrogens is 2. The maximum absolute atomic E-state index is 13.1. The van der Waals surface area contributed by atoms with Gasteiger partial charge in [-0.3, -0.25) is 14.2 Å². The smallest absolute Gasteiger partial charge is 0.341 e. The van der Waals surface area contributed by atoms with E-state index in [1.165, 1.54) is 4.57 Å². The zero-order valence-corrected chi connectivity index (χ0v) is 16.0. The van der Waals surface area contributed by atoms with Crippen LogP contribution in [0.4, 0.5) is 0 Å². The molecular weight excluding hydrogens is 332 g/mol. The normalized spacial score (nSPS) is 23.1. The molecule has 1 unspecified atom stereocenters. The third-order valence-electron chi connectivity index (χ3n) is 5.63. The van der Waals surface area contributed by atoms with Gasteiger partial charge in [-0.05, 0) is 52.0 Å². The van der Waals surface area contributed by atoms with E-state index in [4.69, 9.17) is 0 Å². The van der Waals surface area contributed by atoms with E-state index < -0.39 is 11.2 Å². The van der Waals surface area contributed by atoms with E-state index in [-0.39, 0.29) is 18.4 Å². The largest absolute Gasteiger partial charge is 0.348 e. The van der Waals surface area contributed by atoms with Crippen LogP contribution in [0.1, 0.15) is 50.4 Å². The molecule has 1 aromatic heterocycles. The summed E-state index contributed by atoms with van der Waals surface area (Å²) in [7, 11) is 0. The maximum atomic E-state index is 13.1. The van der Waals surface area contributed by atoms with Crippen LogP contribution in [0.3, 0.4) is 0 Å². The SMILES string of the molecule is CCCN1CCCC2(CCCN2C(=O)Cn2c(C)cc(C)nc2=O)C1=O. The Bertz CT molecular complexity index is 771. The maximum Gasteiger partial charge on any atom is 0.348 e. The van der Waals surface area contributed by atoms with E-state index in [9.17, 15) is 14.4 Å². The first-order chi connectivity index (χ1) is 12.4. The number of carbonyl (C=O) groups is 2. The van der Waals surface area contributed by atoms with Gasteiger partial charge in [0.05, 0.1) is 0 Å². The fourth-order valence-corrected chi connectivity index (χ4v) is 4.46. The molecule has 1 spiro atoms. The zero-order chi connectivity index (χ0) is 18.9. The van der Waals surface area contributed by atoms with Gasteiger partial charge >= 0.3 is 5.69 Å². The van der Waals surface area contributed by atoms with Crippen molar-refractivity contribution in [3.05, 3.63) is 27.9 Å². The summed E-state index contributed by atoms with van der Waals surface area (Å²) in [5, 5.41) is 0. The van der Waals surface area contributed by atoms with Crippen molar-refractivity contribution in [2.75, 3.05) is 19.6 Å². The lowest BCUT2D eigenvalue weighted by Gasteiger charge is -2.44. The molecule has 0 saturated carbocycles. The lowest BCUT2D eigenvalue weighted by atomic mass is 9.85. The Hall–Kier alpha value is -2.18. The van der Waals surface area contributed by atoms with Crippen molar-refractivity contribution in [1.82, 2.24) is 19.4 Å². The minimum Gasteiger partial charge on any atom is -0.341 e. The summed E-state index contributed by atoms with van der Waals surface area (Å²) >= 11 is 0. The monoisotopic (exact) mass is 360 g/mol. The number of rotatable bonds is 4. The minimum absolute atomic E-state index is 0.0548. The predicted octanol–water partition coefficient (Wildman–Crippen LogP) is 1.25. The molecule has 7 heteroatoms.